The maximum absolute atomic E-state index is 10.5. The second kappa shape index (κ2) is 6.87. The van der Waals surface area contributed by atoms with Crippen LogP contribution >= 0.6 is 0 Å². The van der Waals surface area contributed by atoms with Crippen molar-refractivity contribution in [2.75, 3.05) is 18.4 Å². The highest BCUT2D eigenvalue weighted by atomic mass is 16.3. The molecule has 0 bridgehead atoms. The van der Waals surface area contributed by atoms with E-state index in [2.05, 4.69) is 42.3 Å². The summed E-state index contributed by atoms with van der Waals surface area (Å²) in [5, 5.41) is 25.3. The van der Waals surface area contributed by atoms with Gasteiger partial charge in [0.25, 0.3) is 0 Å². The summed E-state index contributed by atoms with van der Waals surface area (Å²) in [6.07, 6.45) is 7.28. The number of anilines is 1. The summed E-state index contributed by atoms with van der Waals surface area (Å²) < 4.78 is 0. The van der Waals surface area contributed by atoms with Crippen LogP contribution in [0.2, 0.25) is 0 Å². The third-order valence-corrected chi connectivity index (χ3v) is 4.54. The summed E-state index contributed by atoms with van der Waals surface area (Å²) in [5.41, 5.74) is 1.80. The highest BCUT2D eigenvalue weighted by Gasteiger charge is 2.15. The molecule has 0 heterocycles. The molecule has 24 heavy (non-hydrogen) atoms. The summed E-state index contributed by atoms with van der Waals surface area (Å²) in [5.74, 6) is 0.348. The van der Waals surface area contributed by atoms with Crippen LogP contribution in [0.5, 0.6) is 11.5 Å². The third kappa shape index (κ3) is 3.04. The van der Waals surface area contributed by atoms with E-state index in [1.54, 1.807) is 12.1 Å². The molecule has 0 saturated carbocycles. The standard InChI is InChI=1S/C20H24N2O2/c1-3-22(4-2)15-11-9-14(10-12-15)21-18-13-19(23)16-7-5-6-8-17(16)20(18)24/h5-9,11-14,21,23-24H,3-4,10H2,1-2H3. The van der Waals surface area contributed by atoms with E-state index in [4.69, 9.17) is 0 Å². The first kappa shape index (κ1) is 16.2. The molecular weight excluding hydrogens is 300 g/mol. The van der Waals surface area contributed by atoms with Crippen LogP contribution in [0.25, 0.3) is 10.8 Å². The van der Waals surface area contributed by atoms with Crippen LogP contribution in [0.15, 0.2) is 54.3 Å². The van der Waals surface area contributed by atoms with Crippen molar-refractivity contribution in [1.82, 2.24) is 4.90 Å². The van der Waals surface area contributed by atoms with Gasteiger partial charge in [0.15, 0.2) is 0 Å². The van der Waals surface area contributed by atoms with E-state index >= 15 is 0 Å². The molecule has 0 saturated heterocycles. The average Bonchev–Trinajstić information content (AvgIpc) is 2.62. The van der Waals surface area contributed by atoms with Gasteiger partial charge in [0.2, 0.25) is 0 Å². The van der Waals surface area contributed by atoms with E-state index in [1.807, 2.05) is 18.2 Å². The fourth-order valence-corrected chi connectivity index (χ4v) is 3.19. The minimum atomic E-state index is 0.0933. The predicted octanol–water partition coefficient (Wildman–Crippen LogP) is 4.22. The molecular formula is C20H24N2O2. The summed E-state index contributed by atoms with van der Waals surface area (Å²) >= 11 is 0. The molecule has 3 N–H and O–H groups in total. The molecule has 0 amide bonds. The number of hydrogen-bond donors (Lipinski definition) is 3. The normalized spacial score (nSPS) is 16.9. The van der Waals surface area contributed by atoms with E-state index in [0.717, 1.165) is 19.5 Å². The topological polar surface area (TPSA) is 55.7 Å². The fourth-order valence-electron chi connectivity index (χ4n) is 3.19. The molecule has 2 aromatic carbocycles. The van der Waals surface area contributed by atoms with Crippen molar-refractivity contribution in [3.8, 4) is 11.5 Å². The number of nitrogens with one attached hydrogen (secondary N) is 1. The second-order valence-corrected chi connectivity index (χ2v) is 5.98. The van der Waals surface area contributed by atoms with Gasteiger partial charge >= 0.3 is 0 Å². The number of phenols is 2. The quantitative estimate of drug-likeness (QED) is 0.569. The van der Waals surface area contributed by atoms with E-state index in [-0.39, 0.29) is 17.5 Å². The second-order valence-electron chi connectivity index (χ2n) is 5.98. The number of phenolic OH excluding ortho intramolecular Hbond substituents is 2. The monoisotopic (exact) mass is 324 g/mol. The highest BCUT2D eigenvalue weighted by molar-refractivity contribution is 5.97. The van der Waals surface area contributed by atoms with E-state index in [9.17, 15) is 10.2 Å². The maximum atomic E-state index is 10.5. The smallest absolute Gasteiger partial charge is 0.146 e. The van der Waals surface area contributed by atoms with E-state index in [1.165, 1.54) is 5.70 Å². The Hall–Kier alpha value is -2.62. The Bertz CT molecular complexity index is 792. The van der Waals surface area contributed by atoms with Gasteiger partial charge in [0.05, 0.1) is 5.69 Å². The Kier molecular flexibility index (Phi) is 4.65. The fraction of sp³-hybridized carbons (Fsp3) is 0.300. The maximum Gasteiger partial charge on any atom is 0.146 e. The van der Waals surface area contributed by atoms with Crippen LogP contribution in [-0.4, -0.2) is 34.2 Å². The number of fused-ring (bicyclic) bond motifs is 1. The van der Waals surface area contributed by atoms with Gasteiger partial charge < -0.3 is 20.4 Å². The van der Waals surface area contributed by atoms with Crippen molar-refractivity contribution < 1.29 is 10.2 Å². The molecule has 0 radical (unpaired) electrons. The minimum Gasteiger partial charge on any atom is -0.507 e. The van der Waals surface area contributed by atoms with Crippen LogP contribution in [0.3, 0.4) is 0 Å². The van der Waals surface area contributed by atoms with E-state index < -0.39 is 0 Å². The number of benzene rings is 2. The first-order valence-electron chi connectivity index (χ1n) is 8.47. The lowest BCUT2D eigenvalue weighted by atomic mass is 10.0. The van der Waals surface area contributed by atoms with Gasteiger partial charge in [-0.25, -0.2) is 0 Å². The summed E-state index contributed by atoms with van der Waals surface area (Å²) in [6.45, 7) is 6.28. The largest absolute Gasteiger partial charge is 0.507 e. The Morgan fingerprint density at radius 2 is 1.83 bits per heavy atom. The molecule has 0 spiro atoms. The van der Waals surface area contributed by atoms with Crippen molar-refractivity contribution in [3.05, 3.63) is 54.3 Å². The van der Waals surface area contributed by atoms with Crippen LogP contribution in [-0.2, 0) is 0 Å². The average molecular weight is 324 g/mol. The van der Waals surface area contributed by atoms with Gasteiger partial charge in [-0.2, -0.15) is 0 Å². The predicted molar refractivity (Wildman–Crippen MR) is 99.4 cm³/mol. The Labute approximate surface area is 142 Å². The number of nitrogens with zero attached hydrogens (tertiary/aromatic N) is 1. The van der Waals surface area contributed by atoms with Gasteiger partial charge in [-0.15, -0.1) is 0 Å². The summed E-state index contributed by atoms with van der Waals surface area (Å²) in [7, 11) is 0. The lowest BCUT2D eigenvalue weighted by Crippen LogP contribution is -2.25. The van der Waals surface area contributed by atoms with Crippen molar-refractivity contribution in [2.45, 2.75) is 26.3 Å². The Balaban J connectivity index is 1.80. The summed E-state index contributed by atoms with van der Waals surface area (Å²) in [4.78, 5) is 2.31. The number of rotatable bonds is 5. The molecule has 1 aliphatic rings. The Morgan fingerprint density at radius 1 is 1.12 bits per heavy atom. The zero-order chi connectivity index (χ0) is 17.1. The molecule has 4 nitrogen and oxygen atoms in total. The SMILES string of the molecule is CCN(CC)C1=CCC(Nc2cc(O)c3ccccc3c2O)C=C1. The zero-order valence-corrected chi connectivity index (χ0v) is 14.2. The van der Waals surface area contributed by atoms with Gasteiger partial charge in [-0.1, -0.05) is 36.4 Å². The van der Waals surface area contributed by atoms with Crippen LogP contribution in [0.4, 0.5) is 5.69 Å². The number of hydrogen-bond acceptors (Lipinski definition) is 4. The van der Waals surface area contributed by atoms with Crippen molar-refractivity contribution in [2.24, 2.45) is 0 Å². The molecule has 126 valence electrons. The number of allylic oxidation sites excluding steroid dienone is 1. The molecule has 2 aromatic rings. The van der Waals surface area contributed by atoms with Crippen LogP contribution in [0, 0.1) is 0 Å². The van der Waals surface area contributed by atoms with Gasteiger partial charge in [-0.05, 0) is 26.3 Å². The molecule has 1 aliphatic carbocycles. The molecule has 4 heteroatoms. The van der Waals surface area contributed by atoms with Crippen molar-refractivity contribution in [3.63, 3.8) is 0 Å². The first-order chi connectivity index (χ1) is 11.6. The molecule has 0 aromatic heterocycles. The molecule has 1 unspecified atom stereocenters. The minimum absolute atomic E-state index is 0.0933. The first-order valence-corrected chi connectivity index (χ1v) is 8.47. The highest BCUT2D eigenvalue weighted by Crippen LogP contribution is 2.39. The number of aromatic hydroxyl groups is 2. The van der Waals surface area contributed by atoms with E-state index in [0.29, 0.717) is 16.5 Å². The molecule has 0 fully saturated rings. The zero-order valence-electron chi connectivity index (χ0n) is 14.2. The summed E-state index contributed by atoms with van der Waals surface area (Å²) in [6, 6.07) is 8.99. The van der Waals surface area contributed by atoms with Gasteiger partial charge in [-0.3, -0.25) is 0 Å². The van der Waals surface area contributed by atoms with Gasteiger partial charge in [0.1, 0.15) is 11.5 Å². The Morgan fingerprint density at radius 3 is 2.46 bits per heavy atom. The van der Waals surface area contributed by atoms with Crippen LogP contribution < -0.4 is 5.32 Å². The van der Waals surface area contributed by atoms with Crippen molar-refractivity contribution in [1.29, 1.82) is 0 Å². The van der Waals surface area contributed by atoms with Crippen LogP contribution in [0.1, 0.15) is 20.3 Å². The third-order valence-electron chi connectivity index (χ3n) is 4.54. The molecule has 1 atom stereocenters. The van der Waals surface area contributed by atoms with Crippen molar-refractivity contribution >= 4 is 16.5 Å². The molecule has 0 aliphatic heterocycles. The van der Waals surface area contributed by atoms with Gasteiger partial charge in [0, 0.05) is 41.7 Å². The molecule has 3 rings (SSSR count). The lowest BCUT2D eigenvalue weighted by Gasteiger charge is -2.27. The lowest BCUT2D eigenvalue weighted by molar-refractivity contribution is 0.391. The number of likely N-dealkylation sites (N-methyl/N-ethyl adjacent to an activating group) is 1.